The Bertz CT molecular complexity index is 380. The second-order valence-electron chi connectivity index (χ2n) is 5.04. The van der Waals surface area contributed by atoms with Gasteiger partial charge < -0.3 is 16.2 Å². The van der Waals surface area contributed by atoms with Crippen molar-refractivity contribution >= 4 is 23.1 Å². The number of hydrogen-bond donors (Lipinski definition) is 3. The quantitative estimate of drug-likeness (QED) is 0.758. The summed E-state index contributed by atoms with van der Waals surface area (Å²) in [5, 5.41) is 13.7. The van der Waals surface area contributed by atoms with Crippen LogP contribution in [0, 0.1) is 5.92 Å². The van der Waals surface area contributed by atoms with E-state index in [0.717, 1.165) is 0 Å². The molecule has 96 valence electrons. The van der Waals surface area contributed by atoms with E-state index in [0.29, 0.717) is 35.4 Å². The third-order valence-electron chi connectivity index (χ3n) is 2.37. The summed E-state index contributed by atoms with van der Waals surface area (Å²) in [5.41, 5.74) is 5.47. The summed E-state index contributed by atoms with van der Waals surface area (Å²) >= 11 is 5.76. The first kappa shape index (κ1) is 14.1. The molecule has 0 bridgehead atoms. The number of nitrogen functional groups attached to an aromatic ring is 1. The largest absolute Gasteiger partial charge is 0.396 e. The van der Waals surface area contributed by atoms with E-state index in [1.807, 2.05) is 0 Å². The van der Waals surface area contributed by atoms with Crippen LogP contribution in [0.1, 0.15) is 27.2 Å². The van der Waals surface area contributed by atoms with E-state index in [9.17, 15) is 5.11 Å². The van der Waals surface area contributed by atoms with E-state index < -0.39 is 5.60 Å². The lowest BCUT2D eigenvalue weighted by Crippen LogP contribution is -2.35. The van der Waals surface area contributed by atoms with Gasteiger partial charge in [-0.3, -0.25) is 0 Å². The fourth-order valence-corrected chi connectivity index (χ4v) is 1.99. The number of anilines is 2. The summed E-state index contributed by atoms with van der Waals surface area (Å²) in [7, 11) is 0. The van der Waals surface area contributed by atoms with E-state index in [4.69, 9.17) is 17.3 Å². The monoisotopic (exact) mass is 257 g/mol. The highest BCUT2D eigenvalue weighted by Crippen LogP contribution is 2.21. The van der Waals surface area contributed by atoms with Gasteiger partial charge in [-0.05, 0) is 25.3 Å². The van der Waals surface area contributed by atoms with Crippen molar-refractivity contribution in [1.82, 2.24) is 4.98 Å². The molecule has 0 aromatic carbocycles. The van der Waals surface area contributed by atoms with Gasteiger partial charge in [0.2, 0.25) is 0 Å². The number of nitrogens with two attached hydrogens (primary N) is 1. The number of aliphatic hydroxyl groups is 1. The average Bonchev–Trinajstić information content (AvgIpc) is 2.14. The molecule has 1 unspecified atom stereocenters. The molecule has 4 N–H and O–H groups in total. The molecule has 0 saturated heterocycles. The molecule has 0 amide bonds. The molecule has 0 spiro atoms. The van der Waals surface area contributed by atoms with Crippen molar-refractivity contribution < 1.29 is 5.11 Å². The standard InChI is InChI=1S/C12H20ClN3O/c1-8(2)5-12(3,17)7-16-11-10(14)4-9(13)6-15-11/h4,6,8,17H,5,7,14H2,1-3H3,(H,15,16). The van der Waals surface area contributed by atoms with Crippen molar-refractivity contribution in [3.8, 4) is 0 Å². The first-order valence-corrected chi connectivity index (χ1v) is 6.05. The van der Waals surface area contributed by atoms with Gasteiger partial charge in [-0.15, -0.1) is 0 Å². The zero-order chi connectivity index (χ0) is 13.1. The number of halogens is 1. The van der Waals surface area contributed by atoms with Crippen LogP contribution in [-0.4, -0.2) is 22.2 Å². The molecule has 1 aromatic heterocycles. The highest BCUT2D eigenvalue weighted by Gasteiger charge is 2.21. The minimum Gasteiger partial charge on any atom is -0.396 e. The SMILES string of the molecule is CC(C)CC(C)(O)CNc1ncc(Cl)cc1N. The lowest BCUT2D eigenvalue weighted by molar-refractivity contribution is 0.0515. The van der Waals surface area contributed by atoms with Gasteiger partial charge in [0.25, 0.3) is 0 Å². The normalized spacial score (nSPS) is 14.7. The molecule has 5 heteroatoms. The van der Waals surface area contributed by atoms with Crippen LogP contribution < -0.4 is 11.1 Å². The molecule has 1 rings (SSSR count). The summed E-state index contributed by atoms with van der Waals surface area (Å²) in [4.78, 5) is 4.08. The molecule has 1 atom stereocenters. The second-order valence-corrected chi connectivity index (χ2v) is 5.48. The minimum absolute atomic E-state index is 0.407. The Morgan fingerprint density at radius 1 is 1.59 bits per heavy atom. The van der Waals surface area contributed by atoms with Gasteiger partial charge >= 0.3 is 0 Å². The third-order valence-corrected chi connectivity index (χ3v) is 2.58. The van der Waals surface area contributed by atoms with E-state index >= 15 is 0 Å². The second kappa shape index (κ2) is 5.56. The number of rotatable bonds is 5. The minimum atomic E-state index is -0.776. The smallest absolute Gasteiger partial charge is 0.149 e. The van der Waals surface area contributed by atoms with Crippen LogP contribution in [0.3, 0.4) is 0 Å². The molecule has 4 nitrogen and oxygen atoms in total. The summed E-state index contributed by atoms with van der Waals surface area (Å²) < 4.78 is 0. The zero-order valence-electron chi connectivity index (χ0n) is 10.5. The summed E-state index contributed by atoms with van der Waals surface area (Å²) in [5.74, 6) is 0.987. The molecule has 17 heavy (non-hydrogen) atoms. The van der Waals surface area contributed by atoms with Crippen LogP contribution in [0.2, 0.25) is 5.02 Å². The van der Waals surface area contributed by atoms with Crippen LogP contribution in [-0.2, 0) is 0 Å². The van der Waals surface area contributed by atoms with Crippen molar-refractivity contribution in [2.75, 3.05) is 17.6 Å². The molecule has 0 aliphatic carbocycles. The van der Waals surface area contributed by atoms with Crippen molar-refractivity contribution in [2.45, 2.75) is 32.8 Å². The molecular weight excluding hydrogens is 238 g/mol. The van der Waals surface area contributed by atoms with Crippen LogP contribution in [0.4, 0.5) is 11.5 Å². The summed E-state index contributed by atoms with van der Waals surface area (Å²) in [6.45, 7) is 6.35. The van der Waals surface area contributed by atoms with Crippen LogP contribution in [0.25, 0.3) is 0 Å². The number of nitrogens with one attached hydrogen (secondary N) is 1. The van der Waals surface area contributed by atoms with Gasteiger partial charge in [0.1, 0.15) is 5.82 Å². The fourth-order valence-electron chi connectivity index (χ4n) is 1.83. The molecule has 0 aliphatic rings. The fraction of sp³-hybridized carbons (Fsp3) is 0.583. The van der Waals surface area contributed by atoms with Gasteiger partial charge in [-0.2, -0.15) is 0 Å². The molecule has 1 aromatic rings. The number of aromatic nitrogens is 1. The van der Waals surface area contributed by atoms with E-state index in [2.05, 4.69) is 24.1 Å². The lowest BCUT2D eigenvalue weighted by atomic mass is 9.94. The third kappa shape index (κ3) is 4.79. The van der Waals surface area contributed by atoms with E-state index in [1.165, 1.54) is 6.20 Å². The number of pyridine rings is 1. The van der Waals surface area contributed by atoms with Gasteiger partial charge in [-0.1, -0.05) is 25.4 Å². The molecule has 0 fully saturated rings. The molecule has 0 radical (unpaired) electrons. The topological polar surface area (TPSA) is 71.2 Å². The Kier molecular flexibility index (Phi) is 4.60. The highest BCUT2D eigenvalue weighted by atomic mass is 35.5. The van der Waals surface area contributed by atoms with Gasteiger partial charge in [0.05, 0.1) is 16.3 Å². The van der Waals surface area contributed by atoms with E-state index in [-0.39, 0.29) is 0 Å². The lowest BCUT2D eigenvalue weighted by Gasteiger charge is -2.26. The zero-order valence-corrected chi connectivity index (χ0v) is 11.3. The van der Waals surface area contributed by atoms with Gasteiger partial charge in [0.15, 0.2) is 0 Å². The van der Waals surface area contributed by atoms with Crippen LogP contribution in [0.5, 0.6) is 0 Å². The number of hydrogen-bond acceptors (Lipinski definition) is 4. The maximum absolute atomic E-state index is 10.1. The Morgan fingerprint density at radius 3 is 2.76 bits per heavy atom. The predicted octanol–water partition coefficient (Wildman–Crippen LogP) is 2.53. The first-order chi connectivity index (χ1) is 7.80. The van der Waals surface area contributed by atoms with E-state index in [1.54, 1.807) is 13.0 Å². The number of nitrogens with zero attached hydrogens (tertiary/aromatic N) is 1. The van der Waals surface area contributed by atoms with Gasteiger partial charge in [-0.25, -0.2) is 4.98 Å². The van der Waals surface area contributed by atoms with Crippen LogP contribution >= 0.6 is 11.6 Å². The highest BCUT2D eigenvalue weighted by molar-refractivity contribution is 6.30. The maximum Gasteiger partial charge on any atom is 0.149 e. The Hall–Kier alpha value is -1.00. The average molecular weight is 258 g/mol. The molecule has 0 saturated carbocycles. The van der Waals surface area contributed by atoms with Crippen LogP contribution in [0.15, 0.2) is 12.3 Å². The summed E-state index contributed by atoms with van der Waals surface area (Å²) in [6.07, 6.45) is 2.24. The van der Waals surface area contributed by atoms with Crippen molar-refractivity contribution in [1.29, 1.82) is 0 Å². The Morgan fingerprint density at radius 2 is 2.24 bits per heavy atom. The van der Waals surface area contributed by atoms with Crippen molar-refractivity contribution in [3.05, 3.63) is 17.3 Å². The Labute approximate surface area is 107 Å². The van der Waals surface area contributed by atoms with Crippen molar-refractivity contribution in [3.63, 3.8) is 0 Å². The van der Waals surface area contributed by atoms with Gasteiger partial charge in [0, 0.05) is 12.7 Å². The Balaban J connectivity index is 2.61. The molecular formula is C12H20ClN3O. The maximum atomic E-state index is 10.1. The molecule has 0 aliphatic heterocycles. The molecule has 1 heterocycles. The summed E-state index contributed by atoms with van der Waals surface area (Å²) in [6, 6.07) is 1.63. The first-order valence-electron chi connectivity index (χ1n) is 5.67. The predicted molar refractivity (Wildman–Crippen MR) is 72.2 cm³/mol. The van der Waals surface area contributed by atoms with Crippen molar-refractivity contribution in [2.24, 2.45) is 5.92 Å².